The molecule has 0 amide bonds. The number of para-hydroxylation sites is 2. The normalized spacial score (nSPS) is 11.3. The Kier molecular flexibility index (Phi) is 4.89. The highest BCUT2D eigenvalue weighted by Gasteiger charge is 2.08. The molecule has 114 valence electrons. The molecule has 0 saturated carbocycles. The summed E-state index contributed by atoms with van der Waals surface area (Å²) >= 11 is 3.47. The zero-order valence-corrected chi connectivity index (χ0v) is 14.4. The third-order valence-electron chi connectivity index (χ3n) is 3.51. The van der Waals surface area contributed by atoms with Crippen molar-refractivity contribution in [3.8, 4) is 0 Å². The van der Waals surface area contributed by atoms with Gasteiger partial charge in [-0.25, -0.2) is 5.01 Å². The second-order valence-corrected chi connectivity index (χ2v) is 6.09. The molecule has 2 nitrogen and oxygen atoms in total. The minimum Gasteiger partial charge on any atom is -0.234 e. The Hall–Kier alpha value is -2.39. The van der Waals surface area contributed by atoms with Crippen molar-refractivity contribution in [3.05, 3.63) is 95.0 Å². The lowest BCUT2D eigenvalue weighted by Gasteiger charge is -2.20. The van der Waals surface area contributed by atoms with Gasteiger partial charge in [-0.2, -0.15) is 5.10 Å². The van der Waals surface area contributed by atoms with Gasteiger partial charge >= 0.3 is 0 Å². The van der Waals surface area contributed by atoms with E-state index in [2.05, 4.69) is 52.3 Å². The first-order chi connectivity index (χ1) is 11.2. The van der Waals surface area contributed by atoms with Gasteiger partial charge in [-0.1, -0.05) is 64.5 Å². The molecular weight excluding hydrogens is 348 g/mol. The minimum absolute atomic E-state index is 0.963. The predicted molar refractivity (Wildman–Crippen MR) is 101 cm³/mol. The van der Waals surface area contributed by atoms with Gasteiger partial charge in [-0.15, -0.1) is 0 Å². The summed E-state index contributed by atoms with van der Waals surface area (Å²) in [6.07, 6.45) is 0. The number of hydrazone groups is 1. The Morgan fingerprint density at radius 1 is 0.739 bits per heavy atom. The molecule has 0 N–H and O–H groups in total. The number of hydrogen-bond donors (Lipinski definition) is 0. The van der Waals surface area contributed by atoms with Crippen LogP contribution in [0.2, 0.25) is 0 Å². The fourth-order valence-electron chi connectivity index (χ4n) is 2.30. The maximum atomic E-state index is 4.85. The van der Waals surface area contributed by atoms with E-state index in [-0.39, 0.29) is 0 Å². The van der Waals surface area contributed by atoms with E-state index in [4.69, 9.17) is 5.10 Å². The second kappa shape index (κ2) is 7.25. The van der Waals surface area contributed by atoms with Gasteiger partial charge in [-0.3, -0.25) is 0 Å². The van der Waals surface area contributed by atoms with Gasteiger partial charge < -0.3 is 0 Å². The summed E-state index contributed by atoms with van der Waals surface area (Å²) in [6.45, 7) is 2.03. The summed E-state index contributed by atoms with van der Waals surface area (Å²) in [7, 11) is 0. The van der Waals surface area contributed by atoms with Crippen molar-refractivity contribution in [1.29, 1.82) is 0 Å². The van der Waals surface area contributed by atoms with Crippen LogP contribution in [0.3, 0.4) is 0 Å². The van der Waals surface area contributed by atoms with Crippen LogP contribution < -0.4 is 5.01 Å². The van der Waals surface area contributed by atoms with Crippen molar-refractivity contribution >= 4 is 33.0 Å². The number of halogens is 1. The van der Waals surface area contributed by atoms with Gasteiger partial charge in [0.25, 0.3) is 0 Å². The molecule has 0 aliphatic carbocycles. The average molecular weight is 365 g/mol. The molecule has 0 aliphatic heterocycles. The van der Waals surface area contributed by atoms with Crippen LogP contribution in [0.15, 0.2) is 94.5 Å². The standard InChI is InChI=1S/C20H17BrN2/c1-16(17-12-14-18(21)15-13-17)22-23(19-8-4-2-5-9-19)20-10-6-3-7-11-20/h2-15H,1H3/b22-16+. The fraction of sp³-hybridized carbons (Fsp3) is 0.0500. The minimum atomic E-state index is 0.963. The molecule has 3 aromatic carbocycles. The zero-order valence-electron chi connectivity index (χ0n) is 12.9. The van der Waals surface area contributed by atoms with Gasteiger partial charge in [-0.05, 0) is 48.9 Å². The third kappa shape index (κ3) is 3.88. The predicted octanol–water partition coefficient (Wildman–Crippen LogP) is 6.01. The number of hydrogen-bond acceptors (Lipinski definition) is 2. The quantitative estimate of drug-likeness (QED) is 0.408. The molecular formula is C20H17BrN2. The van der Waals surface area contributed by atoms with Crippen LogP contribution in [0.25, 0.3) is 0 Å². The molecule has 0 radical (unpaired) electrons. The Balaban J connectivity index is 2.02. The lowest BCUT2D eigenvalue weighted by atomic mass is 10.1. The smallest absolute Gasteiger partial charge is 0.0655 e. The monoisotopic (exact) mass is 364 g/mol. The summed E-state index contributed by atoms with van der Waals surface area (Å²) in [4.78, 5) is 0. The Morgan fingerprint density at radius 2 is 1.22 bits per heavy atom. The summed E-state index contributed by atoms with van der Waals surface area (Å²) in [5, 5.41) is 6.82. The molecule has 0 unspecified atom stereocenters. The molecule has 3 heteroatoms. The van der Waals surface area contributed by atoms with Crippen LogP contribution in [0.1, 0.15) is 12.5 Å². The highest BCUT2D eigenvalue weighted by molar-refractivity contribution is 9.10. The first-order valence-corrected chi connectivity index (χ1v) is 8.25. The summed E-state index contributed by atoms with van der Waals surface area (Å²) in [5.74, 6) is 0. The van der Waals surface area contributed by atoms with E-state index in [0.29, 0.717) is 0 Å². The maximum Gasteiger partial charge on any atom is 0.0655 e. The van der Waals surface area contributed by atoms with Crippen LogP contribution >= 0.6 is 15.9 Å². The third-order valence-corrected chi connectivity index (χ3v) is 4.04. The molecule has 0 saturated heterocycles. The van der Waals surface area contributed by atoms with Gasteiger partial charge in [0.2, 0.25) is 0 Å². The van der Waals surface area contributed by atoms with E-state index in [9.17, 15) is 0 Å². The van der Waals surface area contributed by atoms with E-state index < -0.39 is 0 Å². The van der Waals surface area contributed by atoms with Crippen molar-refractivity contribution in [2.24, 2.45) is 5.10 Å². The van der Waals surface area contributed by atoms with Crippen LogP contribution in [-0.2, 0) is 0 Å². The number of rotatable bonds is 4. The van der Waals surface area contributed by atoms with Crippen LogP contribution in [0.5, 0.6) is 0 Å². The largest absolute Gasteiger partial charge is 0.234 e. The SMILES string of the molecule is C/C(=N\N(c1ccccc1)c1ccccc1)c1ccc(Br)cc1. The molecule has 0 spiro atoms. The molecule has 0 atom stereocenters. The van der Waals surface area contributed by atoms with Gasteiger partial charge in [0.05, 0.1) is 17.1 Å². The number of benzene rings is 3. The lowest BCUT2D eigenvalue weighted by Crippen LogP contribution is -2.12. The van der Waals surface area contributed by atoms with Crippen LogP contribution in [0.4, 0.5) is 11.4 Å². The van der Waals surface area contributed by atoms with Crippen molar-refractivity contribution in [2.45, 2.75) is 6.92 Å². The summed E-state index contributed by atoms with van der Waals surface area (Å²) in [6, 6.07) is 28.6. The van der Waals surface area contributed by atoms with E-state index in [0.717, 1.165) is 27.1 Å². The Morgan fingerprint density at radius 3 is 1.70 bits per heavy atom. The molecule has 0 aliphatic rings. The molecule has 3 rings (SSSR count). The van der Waals surface area contributed by atoms with Crippen molar-refractivity contribution in [1.82, 2.24) is 0 Å². The van der Waals surface area contributed by atoms with Gasteiger partial charge in [0.15, 0.2) is 0 Å². The molecule has 0 bridgehead atoms. The highest BCUT2D eigenvalue weighted by atomic mass is 79.9. The number of nitrogens with zero attached hydrogens (tertiary/aromatic N) is 2. The molecule has 0 heterocycles. The molecule has 0 aromatic heterocycles. The van der Waals surface area contributed by atoms with Gasteiger partial charge in [0.1, 0.15) is 0 Å². The van der Waals surface area contributed by atoms with E-state index in [1.807, 2.05) is 60.5 Å². The van der Waals surface area contributed by atoms with Crippen molar-refractivity contribution in [3.63, 3.8) is 0 Å². The second-order valence-electron chi connectivity index (χ2n) is 5.18. The number of anilines is 2. The fourth-order valence-corrected chi connectivity index (χ4v) is 2.57. The maximum absolute atomic E-state index is 4.85. The molecule has 0 fully saturated rings. The van der Waals surface area contributed by atoms with Crippen LogP contribution in [-0.4, -0.2) is 5.71 Å². The van der Waals surface area contributed by atoms with Crippen molar-refractivity contribution < 1.29 is 0 Å². The molecule has 23 heavy (non-hydrogen) atoms. The average Bonchev–Trinajstić information content (AvgIpc) is 2.61. The topological polar surface area (TPSA) is 15.6 Å². The molecule has 3 aromatic rings. The van der Waals surface area contributed by atoms with E-state index in [1.165, 1.54) is 0 Å². The summed E-state index contributed by atoms with van der Waals surface area (Å²) in [5.41, 5.74) is 4.14. The highest BCUT2D eigenvalue weighted by Crippen LogP contribution is 2.26. The van der Waals surface area contributed by atoms with E-state index in [1.54, 1.807) is 0 Å². The zero-order chi connectivity index (χ0) is 16.1. The van der Waals surface area contributed by atoms with E-state index >= 15 is 0 Å². The Labute approximate surface area is 145 Å². The lowest BCUT2D eigenvalue weighted by molar-refractivity contribution is 1.08. The van der Waals surface area contributed by atoms with Gasteiger partial charge in [0, 0.05) is 4.47 Å². The van der Waals surface area contributed by atoms with Crippen LogP contribution in [0, 0.1) is 0 Å². The Bertz CT molecular complexity index is 741. The van der Waals surface area contributed by atoms with Crippen molar-refractivity contribution in [2.75, 3.05) is 5.01 Å². The first kappa shape index (κ1) is 15.5. The summed E-state index contributed by atoms with van der Waals surface area (Å²) < 4.78 is 1.07. The first-order valence-electron chi connectivity index (χ1n) is 7.45.